The summed E-state index contributed by atoms with van der Waals surface area (Å²) in [5.41, 5.74) is 13.4. The lowest BCUT2D eigenvalue weighted by Gasteiger charge is -1.97. The van der Waals surface area contributed by atoms with Gasteiger partial charge in [0, 0.05) is 0 Å². The minimum Gasteiger partial charge on any atom is -0.385 e. The standard InChI is InChI=1S/C11H13N3OS/c1-2-6-3-4-16-9(6)8-5-7(11(13)15)10(12)14-8/h3-5,14H,2,12H2,1H3,(H2,13,15). The normalized spacial score (nSPS) is 10.6. The number of nitrogens with one attached hydrogen (secondary N) is 1. The maximum Gasteiger partial charge on any atom is 0.252 e. The Hall–Kier alpha value is -1.75. The highest BCUT2D eigenvalue weighted by molar-refractivity contribution is 7.13. The van der Waals surface area contributed by atoms with Crippen LogP contribution in [0.1, 0.15) is 22.8 Å². The van der Waals surface area contributed by atoms with Crippen molar-refractivity contribution in [1.29, 1.82) is 0 Å². The van der Waals surface area contributed by atoms with E-state index in [2.05, 4.69) is 18.0 Å². The van der Waals surface area contributed by atoms with Gasteiger partial charge in [-0.2, -0.15) is 0 Å². The van der Waals surface area contributed by atoms with Gasteiger partial charge < -0.3 is 16.5 Å². The molecule has 0 fully saturated rings. The molecule has 0 unspecified atom stereocenters. The number of aryl methyl sites for hydroxylation is 1. The number of aromatic nitrogens is 1. The topological polar surface area (TPSA) is 84.9 Å². The van der Waals surface area contributed by atoms with Gasteiger partial charge in [-0.15, -0.1) is 11.3 Å². The van der Waals surface area contributed by atoms with Gasteiger partial charge in [-0.25, -0.2) is 0 Å². The van der Waals surface area contributed by atoms with E-state index >= 15 is 0 Å². The van der Waals surface area contributed by atoms with E-state index in [4.69, 9.17) is 11.5 Å². The number of rotatable bonds is 3. The van der Waals surface area contributed by atoms with Gasteiger partial charge in [0.25, 0.3) is 5.91 Å². The summed E-state index contributed by atoms with van der Waals surface area (Å²) in [5, 5.41) is 2.02. The molecule has 0 bridgehead atoms. The number of hydrogen-bond donors (Lipinski definition) is 3. The van der Waals surface area contributed by atoms with Crippen molar-refractivity contribution >= 4 is 23.1 Å². The molecule has 0 atom stereocenters. The average molecular weight is 235 g/mol. The summed E-state index contributed by atoms with van der Waals surface area (Å²) in [6, 6.07) is 3.78. The molecule has 0 aliphatic carbocycles. The van der Waals surface area contributed by atoms with Crippen LogP contribution in [0.15, 0.2) is 17.5 Å². The molecule has 0 aliphatic rings. The molecule has 5 heteroatoms. The molecular formula is C11H13N3OS. The van der Waals surface area contributed by atoms with Crippen LogP contribution in [0.25, 0.3) is 10.6 Å². The van der Waals surface area contributed by atoms with Gasteiger partial charge in [-0.1, -0.05) is 6.92 Å². The number of anilines is 1. The maximum absolute atomic E-state index is 11.1. The smallest absolute Gasteiger partial charge is 0.252 e. The number of nitrogen functional groups attached to an aromatic ring is 1. The molecule has 0 spiro atoms. The second-order valence-electron chi connectivity index (χ2n) is 3.50. The Kier molecular flexibility index (Phi) is 2.70. The molecule has 2 aromatic heterocycles. The number of carbonyl (C=O) groups is 1. The first kappa shape index (κ1) is 10.8. The van der Waals surface area contributed by atoms with Gasteiger partial charge >= 0.3 is 0 Å². The largest absolute Gasteiger partial charge is 0.385 e. The van der Waals surface area contributed by atoms with Gasteiger partial charge in [0.2, 0.25) is 0 Å². The Morgan fingerprint density at radius 1 is 1.56 bits per heavy atom. The van der Waals surface area contributed by atoms with Crippen LogP contribution in [0.5, 0.6) is 0 Å². The summed E-state index contributed by atoms with van der Waals surface area (Å²) in [7, 11) is 0. The highest BCUT2D eigenvalue weighted by atomic mass is 32.1. The Morgan fingerprint density at radius 2 is 2.31 bits per heavy atom. The predicted molar refractivity (Wildman–Crippen MR) is 66.4 cm³/mol. The molecule has 16 heavy (non-hydrogen) atoms. The zero-order chi connectivity index (χ0) is 11.7. The molecule has 0 radical (unpaired) electrons. The van der Waals surface area contributed by atoms with Crippen molar-refractivity contribution in [3.8, 4) is 10.6 Å². The van der Waals surface area contributed by atoms with Gasteiger partial charge in [-0.3, -0.25) is 4.79 Å². The molecule has 0 saturated carbocycles. The van der Waals surface area contributed by atoms with Crippen LogP contribution in [0.3, 0.4) is 0 Å². The van der Waals surface area contributed by atoms with E-state index in [0.717, 1.165) is 17.0 Å². The van der Waals surface area contributed by atoms with Gasteiger partial charge in [0.1, 0.15) is 5.82 Å². The van der Waals surface area contributed by atoms with E-state index in [1.165, 1.54) is 5.56 Å². The van der Waals surface area contributed by atoms with E-state index in [-0.39, 0.29) is 0 Å². The minimum absolute atomic E-state index is 0.331. The van der Waals surface area contributed by atoms with Crippen LogP contribution in [0.4, 0.5) is 5.82 Å². The third-order valence-corrected chi connectivity index (χ3v) is 3.48. The van der Waals surface area contributed by atoms with Crippen LogP contribution in [0, 0.1) is 0 Å². The van der Waals surface area contributed by atoms with Crippen LogP contribution in [-0.2, 0) is 6.42 Å². The molecule has 2 rings (SSSR count). The summed E-state index contributed by atoms with van der Waals surface area (Å²) in [6.07, 6.45) is 0.948. The molecule has 4 nitrogen and oxygen atoms in total. The van der Waals surface area contributed by atoms with Crippen LogP contribution < -0.4 is 11.5 Å². The maximum atomic E-state index is 11.1. The zero-order valence-electron chi connectivity index (χ0n) is 8.91. The van der Waals surface area contributed by atoms with Crippen LogP contribution >= 0.6 is 11.3 Å². The molecule has 0 aliphatic heterocycles. The van der Waals surface area contributed by atoms with E-state index in [1.807, 2.05) is 5.38 Å². The molecule has 84 valence electrons. The first-order chi connectivity index (χ1) is 7.63. The Labute approximate surface area is 97.3 Å². The van der Waals surface area contributed by atoms with Gasteiger partial charge in [-0.05, 0) is 29.5 Å². The Balaban J connectivity index is 2.49. The fraction of sp³-hybridized carbons (Fsp3) is 0.182. The minimum atomic E-state index is -0.505. The van der Waals surface area contributed by atoms with Crippen molar-refractivity contribution in [2.45, 2.75) is 13.3 Å². The first-order valence-electron chi connectivity index (χ1n) is 4.98. The second-order valence-corrected chi connectivity index (χ2v) is 4.42. The first-order valence-corrected chi connectivity index (χ1v) is 5.86. The lowest BCUT2D eigenvalue weighted by molar-refractivity contribution is 0.100. The van der Waals surface area contributed by atoms with Crippen molar-refractivity contribution in [2.75, 3.05) is 5.73 Å². The summed E-state index contributed by atoms with van der Waals surface area (Å²) < 4.78 is 0. The average Bonchev–Trinajstić information content (AvgIpc) is 2.82. The summed E-state index contributed by atoms with van der Waals surface area (Å²) in [4.78, 5) is 15.2. The van der Waals surface area contributed by atoms with Crippen molar-refractivity contribution in [3.63, 3.8) is 0 Å². The molecular weight excluding hydrogens is 222 g/mol. The van der Waals surface area contributed by atoms with Crippen molar-refractivity contribution < 1.29 is 4.79 Å². The monoisotopic (exact) mass is 235 g/mol. The molecule has 2 heterocycles. The number of amides is 1. The second kappa shape index (κ2) is 4.02. The number of thiophene rings is 1. The number of hydrogen-bond acceptors (Lipinski definition) is 3. The van der Waals surface area contributed by atoms with E-state index in [1.54, 1.807) is 17.4 Å². The fourth-order valence-electron chi connectivity index (χ4n) is 1.65. The quantitative estimate of drug-likeness (QED) is 0.760. The van der Waals surface area contributed by atoms with Crippen molar-refractivity contribution in [1.82, 2.24) is 4.98 Å². The predicted octanol–water partition coefficient (Wildman–Crippen LogP) is 1.99. The van der Waals surface area contributed by atoms with E-state index in [0.29, 0.717) is 11.4 Å². The van der Waals surface area contributed by atoms with E-state index in [9.17, 15) is 4.79 Å². The lowest BCUT2D eigenvalue weighted by atomic mass is 10.1. The molecule has 2 aromatic rings. The van der Waals surface area contributed by atoms with Gasteiger partial charge in [0.05, 0.1) is 16.1 Å². The SMILES string of the molecule is CCc1ccsc1-c1cc(C(N)=O)c(N)[nH]1. The molecule has 0 aromatic carbocycles. The number of aromatic amines is 1. The van der Waals surface area contributed by atoms with Crippen LogP contribution in [0.2, 0.25) is 0 Å². The fourth-order valence-corrected chi connectivity index (χ4v) is 2.62. The Bertz CT molecular complexity index is 527. The highest BCUT2D eigenvalue weighted by Crippen LogP contribution is 2.31. The number of H-pyrrole nitrogens is 1. The third kappa shape index (κ3) is 1.69. The van der Waals surface area contributed by atoms with E-state index < -0.39 is 5.91 Å². The molecule has 1 amide bonds. The third-order valence-electron chi connectivity index (χ3n) is 2.49. The Morgan fingerprint density at radius 3 is 2.88 bits per heavy atom. The summed E-state index contributed by atoms with van der Waals surface area (Å²) >= 11 is 1.62. The number of primary amides is 1. The van der Waals surface area contributed by atoms with Gasteiger partial charge in [0.15, 0.2) is 0 Å². The molecule has 0 saturated heterocycles. The summed E-state index contributed by atoms with van der Waals surface area (Å²) in [6.45, 7) is 2.09. The number of nitrogens with two attached hydrogens (primary N) is 2. The van der Waals surface area contributed by atoms with Crippen molar-refractivity contribution in [3.05, 3.63) is 28.6 Å². The lowest BCUT2D eigenvalue weighted by Crippen LogP contribution is -2.11. The van der Waals surface area contributed by atoms with Crippen LogP contribution in [-0.4, -0.2) is 10.9 Å². The molecule has 5 N–H and O–H groups in total. The number of carbonyl (C=O) groups excluding carboxylic acids is 1. The highest BCUT2D eigenvalue weighted by Gasteiger charge is 2.14. The van der Waals surface area contributed by atoms with Crippen molar-refractivity contribution in [2.24, 2.45) is 5.73 Å². The zero-order valence-corrected chi connectivity index (χ0v) is 9.73. The summed E-state index contributed by atoms with van der Waals surface area (Å²) in [5.74, 6) is -0.174.